The number of likely N-dealkylation sites (tertiary alicyclic amines) is 1. The zero-order valence-electron chi connectivity index (χ0n) is 11.8. The van der Waals surface area contributed by atoms with E-state index in [0.29, 0.717) is 5.92 Å². The minimum atomic E-state index is 0.673. The van der Waals surface area contributed by atoms with Crippen LogP contribution in [0.3, 0.4) is 0 Å². The second kappa shape index (κ2) is 6.98. The van der Waals surface area contributed by atoms with Crippen molar-refractivity contribution in [2.45, 2.75) is 32.6 Å². The molecule has 4 heteroatoms. The molecular weight excluding hydrogens is 226 g/mol. The molecule has 104 valence electrons. The molecule has 0 amide bonds. The molecule has 1 aliphatic heterocycles. The molecule has 0 bridgehead atoms. The zero-order valence-corrected chi connectivity index (χ0v) is 11.8. The third-order valence-corrected chi connectivity index (χ3v) is 3.89. The fraction of sp³-hybridized carbons (Fsp3) is 0.929. The van der Waals surface area contributed by atoms with Crippen molar-refractivity contribution in [1.29, 1.82) is 0 Å². The molecular formula is C14H27N3O. The quantitative estimate of drug-likeness (QED) is 0.578. The highest BCUT2D eigenvalue weighted by molar-refractivity contribution is 5.80. The molecule has 1 saturated heterocycles. The van der Waals surface area contributed by atoms with Gasteiger partial charge >= 0.3 is 0 Å². The van der Waals surface area contributed by atoms with Crippen molar-refractivity contribution in [1.82, 2.24) is 10.2 Å². The number of rotatable bonds is 6. The highest BCUT2D eigenvalue weighted by Crippen LogP contribution is 2.31. The molecule has 1 saturated carbocycles. The molecule has 0 aromatic carbocycles. The Kier molecular flexibility index (Phi) is 5.29. The largest absolute Gasteiger partial charge is 0.381 e. The zero-order chi connectivity index (χ0) is 12.8. The van der Waals surface area contributed by atoms with E-state index in [9.17, 15) is 0 Å². The van der Waals surface area contributed by atoms with E-state index in [4.69, 9.17) is 4.74 Å². The van der Waals surface area contributed by atoms with Crippen molar-refractivity contribution < 1.29 is 4.74 Å². The van der Waals surface area contributed by atoms with Gasteiger partial charge in [-0.1, -0.05) is 12.8 Å². The van der Waals surface area contributed by atoms with Crippen molar-refractivity contribution in [2.75, 3.05) is 39.9 Å². The summed E-state index contributed by atoms with van der Waals surface area (Å²) < 4.78 is 5.51. The molecule has 0 spiro atoms. The van der Waals surface area contributed by atoms with Gasteiger partial charge in [0.25, 0.3) is 0 Å². The Labute approximate surface area is 111 Å². The maximum atomic E-state index is 5.51. The molecule has 1 aliphatic carbocycles. The van der Waals surface area contributed by atoms with E-state index in [1.54, 1.807) is 0 Å². The van der Waals surface area contributed by atoms with Crippen LogP contribution in [0.15, 0.2) is 4.99 Å². The van der Waals surface area contributed by atoms with Crippen molar-refractivity contribution in [3.05, 3.63) is 0 Å². The number of nitrogens with one attached hydrogen (secondary N) is 1. The third-order valence-electron chi connectivity index (χ3n) is 3.89. The molecule has 2 fully saturated rings. The summed E-state index contributed by atoms with van der Waals surface area (Å²) in [6, 6.07) is 0. The van der Waals surface area contributed by atoms with Gasteiger partial charge in [0.2, 0.25) is 0 Å². The first-order chi connectivity index (χ1) is 8.83. The van der Waals surface area contributed by atoms with E-state index >= 15 is 0 Å². The first kappa shape index (κ1) is 13.7. The fourth-order valence-corrected chi connectivity index (χ4v) is 2.57. The lowest BCUT2D eigenvalue weighted by molar-refractivity contribution is 0.114. The monoisotopic (exact) mass is 253 g/mol. The van der Waals surface area contributed by atoms with E-state index in [2.05, 4.69) is 22.1 Å². The average Bonchev–Trinajstić information content (AvgIpc) is 3.09. The second-order valence-corrected chi connectivity index (χ2v) is 5.47. The summed E-state index contributed by atoms with van der Waals surface area (Å²) in [5, 5.41) is 3.49. The molecule has 0 aromatic heterocycles. The van der Waals surface area contributed by atoms with Gasteiger partial charge < -0.3 is 15.0 Å². The van der Waals surface area contributed by atoms with Gasteiger partial charge in [-0.05, 0) is 25.7 Å². The number of hydrogen-bond acceptors (Lipinski definition) is 2. The minimum absolute atomic E-state index is 0.673. The van der Waals surface area contributed by atoms with Gasteiger partial charge in [-0.25, -0.2) is 0 Å². The molecule has 1 unspecified atom stereocenters. The van der Waals surface area contributed by atoms with E-state index in [1.165, 1.54) is 25.7 Å². The summed E-state index contributed by atoms with van der Waals surface area (Å²) in [6.07, 6.45) is 5.39. The van der Waals surface area contributed by atoms with Gasteiger partial charge in [0, 0.05) is 39.2 Å². The highest BCUT2D eigenvalue weighted by Gasteiger charge is 2.25. The fourth-order valence-electron chi connectivity index (χ4n) is 2.57. The summed E-state index contributed by atoms with van der Waals surface area (Å²) in [7, 11) is 1.88. The van der Waals surface area contributed by atoms with Crippen LogP contribution in [0.1, 0.15) is 32.6 Å². The number of hydrogen-bond donors (Lipinski definition) is 1. The van der Waals surface area contributed by atoms with Gasteiger partial charge in [-0.2, -0.15) is 0 Å². The topological polar surface area (TPSA) is 36.9 Å². The highest BCUT2D eigenvalue weighted by atomic mass is 16.5. The summed E-state index contributed by atoms with van der Waals surface area (Å²) >= 11 is 0. The molecule has 18 heavy (non-hydrogen) atoms. The Morgan fingerprint density at radius 3 is 2.83 bits per heavy atom. The van der Waals surface area contributed by atoms with E-state index in [0.717, 1.165) is 44.7 Å². The van der Waals surface area contributed by atoms with Crippen LogP contribution in [0, 0.1) is 11.8 Å². The van der Waals surface area contributed by atoms with Crippen LogP contribution >= 0.6 is 0 Å². The summed E-state index contributed by atoms with van der Waals surface area (Å²) in [6.45, 7) is 7.05. The number of nitrogens with zero attached hydrogens (tertiary/aromatic N) is 2. The lowest BCUT2D eigenvalue weighted by atomic mass is 10.1. The van der Waals surface area contributed by atoms with Crippen LogP contribution in [0.5, 0.6) is 0 Å². The van der Waals surface area contributed by atoms with Crippen LogP contribution in [-0.2, 0) is 4.74 Å². The lowest BCUT2D eigenvalue weighted by Gasteiger charge is -2.21. The van der Waals surface area contributed by atoms with Crippen LogP contribution < -0.4 is 5.32 Å². The SMILES string of the molecule is CCOCC1CCN(C(=NC)NCCC2CC2)C1. The van der Waals surface area contributed by atoms with Gasteiger partial charge in [-0.15, -0.1) is 0 Å². The Morgan fingerprint density at radius 2 is 2.17 bits per heavy atom. The minimum Gasteiger partial charge on any atom is -0.381 e. The molecule has 0 radical (unpaired) electrons. The predicted octanol–water partition coefficient (Wildman–Crippen LogP) is 1.72. The Morgan fingerprint density at radius 1 is 1.33 bits per heavy atom. The normalized spacial score (nSPS) is 24.7. The lowest BCUT2D eigenvalue weighted by Crippen LogP contribution is -2.40. The number of aliphatic imine (C=N–C) groups is 1. The molecule has 4 nitrogen and oxygen atoms in total. The number of guanidine groups is 1. The predicted molar refractivity (Wildman–Crippen MR) is 74.9 cm³/mol. The van der Waals surface area contributed by atoms with Crippen molar-refractivity contribution in [2.24, 2.45) is 16.8 Å². The maximum absolute atomic E-state index is 5.51. The summed E-state index contributed by atoms with van der Waals surface area (Å²) in [4.78, 5) is 6.76. The van der Waals surface area contributed by atoms with E-state index < -0.39 is 0 Å². The average molecular weight is 253 g/mol. The van der Waals surface area contributed by atoms with Crippen LogP contribution in [0.2, 0.25) is 0 Å². The Bertz CT molecular complexity index is 276. The molecule has 1 N–H and O–H groups in total. The standard InChI is InChI=1S/C14H27N3O/c1-3-18-11-13-7-9-17(10-13)14(15-2)16-8-6-12-4-5-12/h12-13H,3-11H2,1-2H3,(H,15,16). The van der Waals surface area contributed by atoms with Crippen molar-refractivity contribution >= 4 is 5.96 Å². The van der Waals surface area contributed by atoms with Gasteiger partial charge in [0.1, 0.15) is 0 Å². The molecule has 2 aliphatic rings. The first-order valence-electron chi connectivity index (χ1n) is 7.36. The molecule has 1 atom stereocenters. The number of ether oxygens (including phenoxy) is 1. The Hall–Kier alpha value is -0.770. The molecule has 0 aromatic rings. The molecule has 1 heterocycles. The van der Waals surface area contributed by atoms with Crippen LogP contribution in [-0.4, -0.2) is 50.8 Å². The molecule has 2 rings (SSSR count). The smallest absolute Gasteiger partial charge is 0.193 e. The second-order valence-electron chi connectivity index (χ2n) is 5.47. The van der Waals surface area contributed by atoms with Crippen molar-refractivity contribution in [3.8, 4) is 0 Å². The summed E-state index contributed by atoms with van der Waals surface area (Å²) in [5.74, 6) is 2.74. The van der Waals surface area contributed by atoms with E-state index in [1.807, 2.05) is 7.05 Å². The third kappa shape index (κ3) is 4.16. The van der Waals surface area contributed by atoms with Crippen LogP contribution in [0.25, 0.3) is 0 Å². The first-order valence-corrected chi connectivity index (χ1v) is 7.36. The van der Waals surface area contributed by atoms with Crippen molar-refractivity contribution in [3.63, 3.8) is 0 Å². The van der Waals surface area contributed by atoms with E-state index in [-0.39, 0.29) is 0 Å². The maximum Gasteiger partial charge on any atom is 0.193 e. The van der Waals surface area contributed by atoms with Crippen LogP contribution in [0.4, 0.5) is 0 Å². The summed E-state index contributed by atoms with van der Waals surface area (Å²) in [5.41, 5.74) is 0. The van der Waals surface area contributed by atoms with Gasteiger partial charge in [0.05, 0.1) is 6.61 Å². The Balaban J connectivity index is 1.67. The van der Waals surface area contributed by atoms with Gasteiger partial charge in [-0.3, -0.25) is 4.99 Å². The van der Waals surface area contributed by atoms with Gasteiger partial charge in [0.15, 0.2) is 5.96 Å².